The predicted octanol–water partition coefficient (Wildman–Crippen LogP) is 2.58. The fourth-order valence-electron chi connectivity index (χ4n) is 3.48. The minimum atomic E-state index is -4.26. The number of alkyl halides is 3. The van der Waals surface area contributed by atoms with Crippen molar-refractivity contribution in [2.45, 2.75) is 34.9 Å². The molecular formula is C19H22ClF3N6O8S2. The van der Waals surface area contributed by atoms with Gasteiger partial charge in [0.15, 0.2) is 0 Å². The number of hydrogen-bond acceptors (Lipinski definition) is 10. The van der Waals surface area contributed by atoms with E-state index >= 15 is 0 Å². The van der Waals surface area contributed by atoms with Crippen molar-refractivity contribution in [1.82, 2.24) is 4.90 Å². The van der Waals surface area contributed by atoms with E-state index in [0.717, 1.165) is 30.3 Å². The number of nitrogens with zero attached hydrogens (tertiary/aromatic N) is 3. The first kappa shape index (κ1) is 32.1. The van der Waals surface area contributed by atoms with Crippen molar-refractivity contribution in [3.63, 3.8) is 0 Å². The number of hydrogen-bond donors (Lipinski definition) is 3. The maximum absolute atomic E-state index is 12.4. The highest BCUT2D eigenvalue weighted by atomic mass is 35.5. The molecule has 0 saturated carbocycles. The van der Waals surface area contributed by atoms with E-state index < -0.39 is 54.0 Å². The molecule has 2 aromatic rings. The normalized spacial score (nSPS) is 15.2. The van der Waals surface area contributed by atoms with Gasteiger partial charge in [-0.1, -0.05) is 11.6 Å². The number of nitrogens with one attached hydrogen (secondary N) is 1. The summed E-state index contributed by atoms with van der Waals surface area (Å²) in [5.74, 6) is 0. The van der Waals surface area contributed by atoms with Gasteiger partial charge in [0.05, 0.1) is 26.2 Å². The fourth-order valence-corrected chi connectivity index (χ4v) is 4.73. The van der Waals surface area contributed by atoms with Crippen LogP contribution >= 0.6 is 11.6 Å². The quantitative estimate of drug-likeness (QED) is 0.304. The van der Waals surface area contributed by atoms with E-state index in [0.29, 0.717) is 12.8 Å². The smallest absolute Gasteiger partial charge is 0.377 e. The standard InChI is InChI=1S/C13H17F3N4O4S.C6H5ClN2O4S/c14-13(15,16)8-19-5-3-9(4-6-19)18-11-2-1-10(25(17,23)24)7-12(11)20(21)22;7-5-2-1-4(14(8,12)13)3-6(5)9(10)11/h1-2,7,9,18H,3-6,8H2,(H2,17,23,24);1-3H,(H2,8,12,13). The highest BCUT2D eigenvalue weighted by Gasteiger charge is 2.33. The average molecular weight is 619 g/mol. The van der Waals surface area contributed by atoms with Gasteiger partial charge < -0.3 is 5.32 Å². The van der Waals surface area contributed by atoms with Gasteiger partial charge in [0.2, 0.25) is 20.0 Å². The number of nitro benzene ring substituents is 2. The van der Waals surface area contributed by atoms with Gasteiger partial charge in [-0.25, -0.2) is 27.1 Å². The highest BCUT2D eigenvalue weighted by molar-refractivity contribution is 7.89. The highest BCUT2D eigenvalue weighted by Crippen LogP contribution is 2.30. The van der Waals surface area contributed by atoms with Gasteiger partial charge in [-0.15, -0.1) is 0 Å². The van der Waals surface area contributed by atoms with E-state index in [1.807, 2.05) is 0 Å². The van der Waals surface area contributed by atoms with Crippen LogP contribution in [0.25, 0.3) is 0 Å². The van der Waals surface area contributed by atoms with Gasteiger partial charge in [-0.2, -0.15) is 13.2 Å². The number of primary sulfonamides is 2. The largest absolute Gasteiger partial charge is 0.401 e. The summed E-state index contributed by atoms with van der Waals surface area (Å²) in [4.78, 5) is 20.6. The van der Waals surface area contributed by atoms with Gasteiger partial charge in [0, 0.05) is 31.3 Å². The van der Waals surface area contributed by atoms with Crippen LogP contribution in [0.3, 0.4) is 0 Å². The maximum atomic E-state index is 12.4. The zero-order valence-electron chi connectivity index (χ0n) is 19.7. The molecule has 1 heterocycles. The minimum Gasteiger partial charge on any atom is -0.377 e. The number of likely N-dealkylation sites (tertiary alicyclic amines) is 1. The molecule has 39 heavy (non-hydrogen) atoms. The molecule has 0 spiro atoms. The van der Waals surface area contributed by atoms with Gasteiger partial charge >= 0.3 is 6.18 Å². The Hall–Kier alpha value is -3.10. The summed E-state index contributed by atoms with van der Waals surface area (Å²) in [6.07, 6.45) is -3.50. The topological polar surface area (TPSA) is 222 Å². The summed E-state index contributed by atoms with van der Waals surface area (Å²) >= 11 is 5.46. The molecule has 0 unspecified atom stereocenters. The minimum absolute atomic E-state index is 0.103. The van der Waals surface area contributed by atoms with Crippen LogP contribution < -0.4 is 15.6 Å². The van der Waals surface area contributed by atoms with Crippen molar-refractivity contribution in [2.75, 3.05) is 25.0 Å². The van der Waals surface area contributed by atoms with Crippen LogP contribution in [0.1, 0.15) is 12.8 Å². The monoisotopic (exact) mass is 618 g/mol. The fraction of sp³-hybridized carbons (Fsp3) is 0.368. The summed E-state index contributed by atoms with van der Waals surface area (Å²) in [5.41, 5.74) is -0.839. The zero-order chi connectivity index (χ0) is 29.8. The summed E-state index contributed by atoms with van der Waals surface area (Å²) in [6, 6.07) is 6.02. The second kappa shape index (κ2) is 12.4. The van der Waals surface area contributed by atoms with Gasteiger partial charge in [0.25, 0.3) is 11.4 Å². The van der Waals surface area contributed by atoms with Crippen LogP contribution in [-0.2, 0) is 20.0 Å². The van der Waals surface area contributed by atoms with Crippen molar-refractivity contribution in [2.24, 2.45) is 10.3 Å². The lowest BCUT2D eigenvalue weighted by Gasteiger charge is -2.33. The first-order chi connectivity index (χ1) is 17.8. The summed E-state index contributed by atoms with van der Waals surface area (Å²) < 4.78 is 81.4. The molecule has 3 rings (SSSR count). The molecule has 2 aromatic carbocycles. The summed E-state index contributed by atoms with van der Waals surface area (Å²) in [5, 5.41) is 34.0. The van der Waals surface area contributed by atoms with Crippen molar-refractivity contribution >= 4 is 48.7 Å². The van der Waals surface area contributed by atoms with Crippen LogP contribution in [0.4, 0.5) is 30.2 Å². The number of sulfonamides is 2. The Labute approximate surface area is 225 Å². The number of anilines is 1. The molecule has 1 fully saturated rings. The maximum Gasteiger partial charge on any atom is 0.401 e. The Bertz CT molecular complexity index is 1450. The molecule has 1 aliphatic rings. The Balaban J connectivity index is 0.000000322. The van der Waals surface area contributed by atoms with Crippen LogP contribution in [0.15, 0.2) is 46.2 Å². The number of benzene rings is 2. The van der Waals surface area contributed by atoms with Crippen molar-refractivity contribution in [3.05, 3.63) is 61.6 Å². The zero-order valence-corrected chi connectivity index (χ0v) is 22.1. The predicted molar refractivity (Wildman–Crippen MR) is 133 cm³/mol. The molecule has 0 radical (unpaired) electrons. The van der Waals surface area contributed by atoms with E-state index in [1.54, 1.807) is 0 Å². The number of halogens is 4. The van der Waals surface area contributed by atoms with Gasteiger partial charge in [0.1, 0.15) is 10.7 Å². The van der Waals surface area contributed by atoms with Crippen LogP contribution in [0.2, 0.25) is 5.02 Å². The molecular weight excluding hydrogens is 597 g/mol. The van der Waals surface area contributed by atoms with Crippen LogP contribution in [0, 0.1) is 20.2 Å². The molecule has 14 nitrogen and oxygen atoms in total. The SMILES string of the molecule is NS(=O)(=O)c1ccc(Cl)c([N+](=O)[O-])c1.NS(=O)(=O)c1ccc(NC2CCN(CC(F)(F)F)CC2)c([N+](=O)[O-])c1. The molecule has 1 aliphatic heterocycles. The molecule has 20 heteroatoms. The number of nitro groups is 2. The van der Waals surface area contributed by atoms with Crippen molar-refractivity contribution in [3.8, 4) is 0 Å². The number of nitrogens with two attached hydrogens (primary N) is 2. The Morgan fingerprint density at radius 1 is 0.923 bits per heavy atom. The Morgan fingerprint density at radius 3 is 1.82 bits per heavy atom. The first-order valence-corrected chi connectivity index (χ1v) is 14.1. The molecule has 5 N–H and O–H groups in total. The van der Waals surface area contributed by atoms with Gasteiger partial charge in [-0.3, -0.25) is 25.1 Å². The summed E-state index contributed by atoms with van der Waals surface area (Å²) in [6.45, 7) is -0.566. The second-order valence-corrected chi connectivity index (χ2v) is 11.7. The molecule has 1 saturated heterocycles. The molecule has 0 aliphatic carbocycles. The molecule has 0 aromatic heterocycles. The van der Waals surface area contributed by atoms with Crippen molar-refractivity contribution in [1.29, 1.82) is 0 Å². The lowest BCUT2D eigenvalue weighted by molar-refractivity contribution is -0.384. The second-order valence-electron chi connectivity index (χ2n) is 8.21. The Morgan fingerprint density at radius 2 is 1.38 bits per heavy atom. The average Bonchev–Trinajstić information content (AvgIpc) is 2.78. The van der Waals surface area contributed by atoms with Crippen LogP contribution in [0.5, 0.6) is 0 Å². The molecule has 0 atom stereocenters. The van der Waals surface area contributed by atoms with E-state index in [4.69, 9.17) is 21.9 Å². The summed E-state index contributed by atoms with van der Waals surface area (Å²) in [7, 11) is -8.02. The lowest BCUT2D eigenvalue weighted by Crippen LogP contribution is -2.43. The first-order valence-electron chi connectivity index (χ1n) is 10.6. The number of rotatable bonds is 7. The van der Waals surface area contributed by atoms with E-state index in [2.05, 4.69) is 5.32 Å². The molecule has 0 bridgehead atoms. The molecule has 0 amide bonds. The molecule has 216 valence electrons. The van der Waals surface area contributed by atoms with Crippen molar-refractivity contribution < 1.29 is 39.9 Å². The number of piperidine rings is 1. The van der Waals surface area contributed by atoms with Crippen LogP contribution in [-0.4, -0.2) is 63.4 Å². The third-order valence-corrected chi connectivity index (χ3v) is 7.43. The third-order valence-electron chi connectivity index (χ3n) is 5.29. The van der Waals surface area contributed by atoms with E-state index in [1.165, 1.54) is 11.0 Å². The van der Waals surface area contributed by atoms with E-state index in [9.17, 15) is 50.2 Å². The lowest BCUT2D eigenvalue weighted by atomic mass is 10.0. The Kier molecular flexibility index (Phi) is 10.2. The third kappa shape index (κ3) is 9.86. The van der Waals surface area contributed by atoms with E-state index in [-0.39, 0.29) is 39.6 Å². The van der Waals surface area contributed by atoms with Gasteiger partial charge in [-0.05, 0) is 37.1 Å².